The van der Waals surface area contributed by atoms with Crippen molar-refractivity contribution in [3.63, 3.8) is 0 Å². The Labute approximate surface area is 155 Å². The number of likely N-dealkylation sites (tertiary alicyclic amines) is 1. The van der Waals surface area contributed by atoms with Gasteiger partial charge in [0.05, 0.1) is 0 Å². The Morgan fingerprint density at radius 2 is 1.27 bits per heavy atom. The summed E-state index contributed by atoms with van der Waals surface area (Å²) in [6.45, 7) is 3.24. The number of aliphatic hydroxyl groups is 1. The maximum atomic E-state index is 12.0. The highest BCUT2D eigenvalue weighted by atomic mass is 16.3. The molecule has 1 saturated heterocycles. The average molecular weight is 343 g/mol. The van der Waals surface area contributed by atoms with Crippen molar-refractivity contribution >= 4 is 0 Å². The average Bonchev–Trinajstić information content (AvgIpc) is 2.69. The molecule has 0 saturated carbocycles. The Hall–Kier alpha value is -2.42. The van der Waals surface area contributed by atoms with E-state index in [1.54, 1.807) is 0 Å². The van der Waals surface area contributed by atoms with Crippen molar-refractivity contribution in [1.82, 2.24) is 4.90 Å². The fourth-order valence-electron chi connectivity index (χ4n) is 4.18. The second-order valence-electron chi connectivity index (χ2n) is 7.13. The monoisotopic (exact) mass is 343 g/mol. The van der Waals surface area contributed by atoms with Crippen molar-refractivity contribution in [2.24, 2.45) is 0 Å². The topological polar surface area (TPSA) is 23.5 Å². The van der Waals surface area contributed by atoms with Crippen LogP contribution in [0.25, 0.3) is 0 Å². The summed E-state index contributed by atoms with van der Waals surface area (Å²) < 4.78 is 0. The zero-order valence-electron chi connectivity index (χ0n) is 15.1. The third-order valence-electron chi connectivity index (χ3n) is 5.75. The molecule has 2 nitrogen and oxygen atoms in total. The van der Waals surface area contributed by atoms with E-state index in [-0.39, 0.29) is 12.1 Å². The zero-order valence-corrected chi connectivity index (χ0v) is 15.1. The van der Waals surface area contributed by atoms with E-state index in [2.05, 4.69) is 36.1 Å². The lowest BCUT2D eigenvalue weighted by atomic mass is 9.74. The zero-order chi connectivity index (χ0) is 18.0. The molecule has 0 spiro atoms. The predicted molar refractivity (Wildman–Crippen MR) is 106 cm³/mol. The van der Waals surface area contributed by atoms with Gasteiger partial charge in [0.1, 0.15) is 5.60 Å². The standard InChI is InChI=1S/C24H25NO/c1-19(20-11-5-2-6-12-20)25-18-17-23(25)24(26,21-13-7-3-8-14-21)22-15-9-4-10-16-22/h2-16,19,23,26H,17-18H2,1H3/t19-,23-/m1/s1. The Morgan fingerprint density at radius 1 is 0.808 bits per heavy atom. The first-order valence-corrected chi connectivity index (χ1v) is 9.35. The summed E-state index contributed by atoms with van der Waals surface area (Å²) in [5.41, 5.74) is 2.20. The van der Waals surface area contributed by atoms with E-state index in [1.807, 2.05) is 66.7 Å². The lowest BCUT2D eigenvalue weighted by molar-refractivity contribution is -0.0893. The van der Waals surface area contributed by atoms with E-state index in [1.165, 1.54) is 5.56 Å². The highest BCUT2D eigenvalue weighted by molar-refractivity contribution is 5.39. The Kier molecular flexibility index (Phi) is 4.62. The molecule has 1 heterocycles. The molecule has 0 radical (unpaired) electrons. The van der Waals surface area contributed by atoms with E-state index >= 15 is 0 Å². The van der Waals surface area contributed by atoms with Gasteiger partial charge in [0.25, 0.3) is 0 Å². The van der Waals surface area contributed by atoms with Crippen molar-refractivity contribution in [2.75, 3.05) is 6.54 Å². The number of hydrogen-bond acceptors (Lipinski definition) is 2. The highest BCUT2D eigenvalue weighted by Gasteiger charge is 2.49. The van der Waals surface area contributed by atoms with Gasteiger partial charge in [-0.1, -0.05) is 91.0 Å². The first-order valence-electron chi connectivity index (χ1n) is 9.35. The van der Waals surface area contributed by atoms with Crippen LogP contribution in [-0.2, 0) is 5.60 Å². The Morgan fingerprint density at radius 3 is 1.69 bits per heavy atom. The molecule has 132 valence electrons. The molecule has 0 bridgehead atoms. The summed E-state index contributed by atoms with van der Waals surface area (Å²) in [7, 11) is 0. The minimum absolute atomic E-state index is 0.0579. The van der Waals surface area contributed by atoms with Gasteiger partial charge in [-0.3, -0.25) is 4.90 Å². The minimum Gasteiger partial charge on any atom is -0.379 e. The normalized spacial score (nSPS) is 18.9. The maximum absolute atomic E-state index is 12.0. The van der Waals surface area contributed by atoms with E-state index in [0.29, 0.717) is 0 Å². The molecule has 0 aromatic heterocycles. The molecule has 0 amide bonds. The van der Waals surface area contributed by atoms with Crippen LogP contribution >= 0.6 is 0 Å². The van der Waals surface area contributed by atoms with Gasteiger partial charge < -0.3 is 5.11 Å². The second-order valence-corrected chi connectivity index (χ2v) is 7.13. The number of benzene rings is 3. The molecule has 3 aromatic carbocycles. The molecule has 1 fully saturated rings. The molecular formula is C24H25NO. The molecule has 0 aliphatic carbocycles. The SMILES string of the molecule is C[C@H](c1ccccc1)N1CC[C@@H]1C(O)(c1ccccc1)c1ccccc1. The van der Waals surface area contributed by atoms with E-state index in [4.69, 9.17) is 0 Å². The van der Waals surface area contributed by atoms with Crippen molar-refractivity contribution < 1.29 is 5.11 Å². The fraction of sp³-hybridized carbons (Fsp3) is 0.250. The molecular weight excluding hydrogens is 318 g/mol. The van der Waals surface area contributed by atoms with Crippen LogP contribution in [0.4, 0.5) is 0 Å². The number of hydrogen-bond donors (Lipinski definition) is 1. The van der Waals surface area contributed by atoms with Crippen LogP contribution < -0.4 is 0 Å². The molecule has 3 aromatic rings. The van der Waals surface area contributed by atoms with Crippen LogP contribution in [-0.4, -0.2) is 22.6 Å². The number of rotatable bonds is 5. The minimum atomic E-state index is -1.01. The third-order valence-corrected chi connectivity index (χ3v) is 5.75. The van der Waals surface area contributed by atoms with E-state index < -0.39 is 5.60 Å². The van der Waals surface area contributed by atoms with Crippen molar-refractivity contribution in [3.8, 4) is 0 Å². The molecule has 1 N–H and O–H groups in total. The predicted octanol–water partition coefficient (Wildman–Crippen LogP) is 4.76. The van der Waals surface area contributed by atoms with Gasteiger partial charge in [-0.2, -0.15) is 0 Å². The quantitative estimate of drug-likeness (QED) is 0.722. The van der Waals surface area contributed by atoms with Gasteiger partial charge >= 0.3 is 0 Å². The van der Waals surface area contributed by atoms with Crippen LogP contribution in [0.3, 0.4) is 0 Å². The lowest BCUT2D eigenvalue weighted by Crippen LogP contribution is -2.60. The Bertz CT molecular complexity index is 792. The smallest absolute Gasteiger partial charge is 0.130 e. The van der Waals surface area contributed by atoms with Crippen LogP contribution in [0.1, 0.15) is 36.1 Å². The lowest BCUT2D eigenvalue weighted by Gasteiger charge is -2.53. The summed E-state index contributed by atoms with van der Waals surface area (Å²) in [6, 6.07) is 31.1. The van der Waals surface area contributed by atoms with Gasteiger partial charge in [-0.25, -0.2) is 0 Å². The summed E-state index contributed by atoms with van der Waals surface area (Å²) in [5.74, 6) is 0. The van der Waals surface area contributed by atoms with Gasteiger partial charge in [-0.05, 0) is 30.0 Å². The maximum Gasteiger partial charge on any atom is 0.130 e. The third kappa shape index (κ3) is 2.86. The molecule has 0 unspecified atom stereocenters. The Balaban J connectivity index is 1.73. The van der Waals surface area contributed by atoms with Gasteiger partial charge in [0.15, 0.2) is 0 Å². The molecule has 2 heteroatoms. The first-order chi connectivity index (χ1) is 12.7. The molecule has 26 heavy (non-hydrogen) atoms. The van der Waals surface area contributed by atoms with Gasteiger partial charge in [0.2, 0.25) is 0 Å². The summed E-state index contributed by atoms with van der Waals surface area (Å²) in [6.07, 6.45) is 0.984. The summed E-state index contributed by atoms with van der Waals surface area (Å²) >= 11 is 0. The van der Waals surface area contributed by atoms with Gasteiger partial charge in [-0.15, -0.1) is 0 Å². The van der Waals surface area contributed by atoms with Crippen molar-refractivity contribution in [1.29, 1.82) is 0 Å². The molecule has 4 rings (SSSR count). The first kappa shape index (κ1) is 17.0. The van der Waals surface area contributed by atoms with Crippen LogP contribution in [0.15, 0.2) is 91.0 Å². The fourth-order valence-corrected chi connectivity index (χ4v) is 4.18. The second kappa shape index (κ2) is 7.06. The largest absolute Gasteiger partial charge is 0.379 e. The van der Waals surface area contributed by atoms with E-state index in [9.17, 15) is 5.11 Å². The number of nitrogens with zero attached hydrogens (tertiary/aromatic N) is 1. The van der Waals surface area contributed by atoms with Gasteiger partial charge in [0, 0.05) is 18.6 Å². The van der Waals surface area contributed by atoms with Crippen LogP contribution in [0.5, 0.6) is 0 Å². The summed E-state index contributed by atoms with van der Waals surface area (Å²) in [5, 5.41) is 12.0. The van der Waals surface area contributed by atoms with E-state index in [0.717, 1.165) is 24.1 Å². The van der Waals surface area contributed by atoms with Crippen molar-refractivity contribution in [2.45, 2.75) is 31.0 Å². The van der Waals surface area contributed by atoms with Crippen LogP contribution in [0, 0.1) is 0 Å². The summed E-state index contributed by atoms with van der Waals surface area (Å²) in [4.78, 5) is 2.43. The molecule has 1 aliphatic heterocycles. The molecule has 1 aliphatic rings. The van der Waals surface area contributed by atoms with Crippen molar-refractivity contribution in [3.05, 3.63) is 108 Å². The highest BCUT2D eigenvalue weighted by Crippen LogP contribution is 2.44. The molecule has 2 atom stereocenters. The van der Waals surface area contributed by atoms with Crippen LogP contribution in [0.2, 0.25) is 0 Å².